The molecule has 8 heteroatoms. The number of hydrogen-bond donors (Lipinski definition) is 1. The maximum Gasteiger partial charge on any atom is 0.254 e. The lowest BCUT2D eigenvalue weighted by atomic mass is 10.1. The van der Waals surface area contributed by atoms with Crippen molar-refractivity contribution in [1.82, 2.24) is 24.5 Å². The third kappa shape index (κ3) is 3.16. The van der Waals surface area contributed by atoms with Gasteiger partial charge in [-0.05, 0) is 31.2 Å². The van der Waals surface area contributed by atoms with Gasteiger partial charge >= 0.3 is 0 Å². The van der Waals surface area contributed by atoms with E-state index in [1.165, 1.54) is 6.33 Å². The Kier molecular flexibility index (Phi) is 4.02. The van der Waals surface area contributed by atoms with Crippen molar-refractivity contribution in [2.75, 3.05) is 31.6 Å². The molecule has 0 bridgehead atoms. The minimum atomic E-state index is 0.0354. The minimum Gasteiger partial charge on any atom is -0.378 e. The molecule has 0 unspecified atom stereocenters. The van der Waals surface area contributed by atoms with Gasteiger partial charge in [0.05, 0.1) is 13.2 Å². The molecule has 1 aliphatic rings. The van der Waals surface area contributed by atoms with Crippen LogP contribution in [0.25, 0.3) is 5.78 Å². The lowest BCUT2D eigenvalue weighted by Crippen LogP contribution is -2.40. The van der Waals surface area contributed by atoms with E-state index in [1.807, 2.05) is 42.2 Å². The second-order valence-corrected chi connectivity index (χ2v) is 5.86. The largest absolute Gasteiger partial charge is 0.378 e. The number of nitrogens with zero attached hydrogens (tertiary/aromatic N) is 5. The quantitative estimate of drug-likeness (QED) is 0.782. The monoisotopic (exact) mass is 338 g/mol. The van der Waals surface area contributed by atoms with Crippen LogP contribution in [0.2, 0.25) is 0 Å². The molecule has 128 valence electrons. The number of fused-ring (bicyclic) bond motifs is 1. The molecule has 1 aromatic carbocycles. The van der Waals surface area contributed by atoms with Crippen LogP contribution in [0.1, 0.15) is 16.1 Å². The van der Waals surface area contributed by atoms with Crippen LogP contribution in [0.3, 0.4) is 0 Å². The zero-order valence-electron chi connectivity index (χ0n) is 13.8. The number of rotatable bonds is 3. The third-order valence-corrected chi connectivity index (χ3v) is 4.08. The van der Waals surface area contributed by atoms with E-state index in [0.29, 0.717) is 37.6 Å². The van der Waals surface area contributed by atoms with E-state index in [1.54, 1.807) is 4.52 Å². The molecule has 0 aliphatic carbocycles. The molecule has 0 radical (unpaired) electrons. The summed E-state index contributed by atoms with van der Waals surface area (Å²) in [5.41, 5.74) is 2.38. The number of carbonyl (C=O) groups excluding carboxylic acids is 1. The molecule has 1 saturated heterocycles. The summed E-state index contributed by atoms with van der Waals surface area (Å²) in [5.74, 6) is 1.35. The van der Waals surface area contributed by atoms with E-state index in [-0.39, 0.29) is 5.91 Å². The van der Waals surface area contributed by atoms with Crippen LogP contribution in [0.5, 0.6) is 0 Å². The molecule has 0 saturated carbocycles. The second-order valence-electron chi connectivity index (χ2n) is 5.86. The van der Waals surface area contributed by atoms with Crippen molar-refractivity contribution in [2.24, 2.45) is 0 Å². The molecule has 0 atom stereocenters. The second kappa shape index (κ2) is 6.48. The van der Waals surface area contributed by atoms with Crippen LogP contribution < -0.4 is 5.32 Å². The smallest absolute Gasteiger partial charge is 0.254 e. The lowest BCUT2D eigenvalue weighted by Gasteiger charge is -2.26. The third-order valence-electron chi connectivity index (χ3n) is 4.08. The first-order valence-electron chi connectivity index (χ1n) is 8.12. The Labute approximate surface area is 144 Å². The number of carbonyl (C=O) groups is 1. The van der Waals surface area contributed by atoms with Gasteiger partial charge in [-0.2, -0.15) is 14.6 Å². The van der Waals surface area contributed by atoms with Gasteiger partial charge in [-0.1, -0.05) is 0 Å². The van der Waals surface area contributed by atoms with E-state index in [9.17, 15) is 4.79 Å². The summed E-state index contributed by atoms with van der Waals surface area (Å²) in [5, 5.41) is 7.47. The van der Waals surface area contributed by atoms with Crippen molar-refractivity contribution in [1.29, 1.82) is 0 Å². The van der Waals surface area contributed by atoms with Crippen molar-refractivity contribution in [2.45, 2.75) is 6.92 Å². The van der Waals surface area contributed by atoms with Gasteiger partial charge in [-0.3, -0.25) is 4.79 Å². The van der Waals surface area contributed by atoms with E-state index < -0.39 is 0 Å². The molecular formula is C17H18N6O2. The van der Waals surface area contributed by atoms with Crippen molar-refractivity contribution < 1.29 is 9.53 Å². The van der Waals surface area contributed by atoms with Gasteiger partial charge in [0.25, 0.3) is 11.7 Å². The van der Waals surface area contributed by atoms with Gasteiger partial charge in [-0.25, -0.2) is 4.98 Å². The number of anilines is 2. The molecule has 4 rings (SSSR count). The first kappa shape index (κ1) is 15.5. The fourth-order valence-electron chi connectivity index (χ4n) is 2.81. The first-order chi connectivity index (χ1) is 12.2. The summed E-state index contributed by atoms with van der Waals surface area (Å²) >= 11 is 0. The normalized spacial score (nSPS) is 14.7. The molecule has 1 N–H and O–H groups in total. The SMILES string of the molecule is Cc1cc(Nc2ccc(C(=O)N3CCOCC3)cc2)n2ncnc2n1. The molecule has 2 aromatic heterocycles. The van der Waals surface area contributed by atoms with Crippen LogP contribution >= 0.6 is 0 Å². The summed E-state index contributed by atoms with van der Waals surface area (Å²) in [6.07, 6.45) is 1.47. The molecule has 3 aromatic rings. The molecule has 8 nitrogen and oxygen atoms in total. The molecular weight excluding hydrogens is 320 g/mol. The number of amides is 1. The van der Waals surface area contributed by atoms with Crippen molar-refractivity contribution >= 4 is 23.2 Å². The Morgan fingerprint density at radius 3 is 2.72 bits per heavy atom. The predicted octanol–water partition coefficient (Wildman–Crippen LogP) is 1.65. The van der Waals surface area contributed by atoms with Gasteiger partial charge in [0, 0.05) is 36.1 Å². The van der Waals surface area contributed by atoms with Gasteiger partial charge < -0.3 is 15.0 Å². The molecule has 0 spiro atoms. The average Bonchev–Trinajstić information content (AvgIpc) is 3.11. The topological polar surface area (TPSA) is 84.7 Å². The number of benzene rings is 1. The fraction of sp³-hybridized carbons (Fsp3) is 0.294. The highest BCUT2D eigenvalue weighted by Crippen LogP contribution is 2.19. The fourth-order valence-corrected chi connectivity index (χ4v) is 2.81. The number of aryl methyl sites for hydroxylation is 1. The lowest BCUT2D eigenvalue weighted by molar-refractivity contribution is 0.0303. The Hall–Kier alpha value is -3.00. The van der Waals surface area contributed by atoms with Gasteiger partial charge in [0.2, 0.25) is 0 Å². The van der Waals surface area contributed by atoms with Gasteiger partial charge in [0.15, 0.2) is 0 Å². The Balaban J connectivity index is 1.54. The molecule has 1 fully saturated rings. The molecule has 3 heterocycles. The summed E-state index contributed by atoms with van der Waals surface area (Å²) in [6.45, 7) is 4.38. The minimum absolute atomic E-state index is 0.0354. The Morgan fingerprint density at radius 1 is 1.20 bits per heavy atom. The Morgan fingerprint density at radius 2 is 1.96 bits per heavy atom. The molecule has 1 aliphatic heterocycles. The predicted molar refractivity (Wildman–Crippen MR) is 92.0 cm³/mol. The van der Waals surface area contributed by atoms with Crippen LogP contribution in [-0.4, -0.2) is 56.7 Å². The maximum absolute atomic E-state index is 12.5. The highest BCUT2D eigenvalue weighted by atomic mass is 16.5. The first-order valence-corrected chi connectivity index (χ1v) is 8.12. The van der Waals surface area contributed by atoms with E-state index >= 15 is 0 Å². The highest BCUT2D eigenvalue weighted by Gasteiger charge is 2.18. The number of nitrogens with one attached hydrogen (secondary N) is 1. The van der Waals surface area contributed by atoms with Crippen molar-refractivity contribution in [3.05, 3.63) is 47.9 Å². The number of ether oxygens (including phenoxy) is 1. The maximum atomic E-state index is 12.5. The number of aromatic nitrogens is 4. The molecule has 1 amide bonds. The van der Waals surface area contributed by atoms with E-state index in [2.05, 4.69) is 20.4 Å². The summed E-state index contributed by atoms with van der Waals surface area (Å²) in [6, 6.07) is 9.31. The van der Waals surface area contributed by atoms with Crippen molar-refractivity contribution in [3.8, 4) is 0 Å². The van der Waals surface area contributed by atoms with Crippen LogP contribution in [0.4, 0.5) is 11.5 Å². The van der Waals surface area contributed by atoms with Crippen LogP contribution in [-0.2, 0) is 4.74 Å². The van der Waals surface area contributed by atoms with Crippen LogP contribution in [0.15, 0.2) is 36.7 Å². The van der Waals surface area contributed by atoms with Crippen LogP contribution in [0, 0.1) is 6.92 Å². The standard InChI is InChI=1S/C17H18N6O2/c1-12-10-15(23-17(20-12)18-11-19-23)21-14-4-2-13(3-5-14)16(24)22-6-8-25-9-7-22/h2-5,10-11,21H,6-9H2,1H3. The molecule has 25 heavy (non-hydrogen) atoms. The zero-order chi connectivity index (χ0) is 17.2. The number of morpholine rings is 1. The van der Waals surface area contributed by atoms with Gasteiger partial charge in [-0.15, -0.1) is 0 Å². The Bertz CT molecular complexity index is 899. The van der Waals surface area contributed by atoms with E-state index in [0.717, 1.165) is 17.2 Å². The highest BCUT2D eigenvalue weighted by molar-refractivity contribution is 5.94. The summed E-state index contributed by atoms with van der Waals surface area (Å²) in [7, 11) is 0. The summed E-state index contributed by atoms with van der Waals surface area (Å²) < 4.78 is 6.93. The number of hydrogen-bond acceptors (Lipinski definition) is 6. The summed E-state index contributed by atoms with van der Waals surface area (Å²) in [4.78, 5) is 22.7. The van der Waals surface area contributed by atoms with E-state index in [4.69, 9.17) is 4.74 Å². The van der Waals surface area contributed by atoms with Crippen molar-refractivity contribution in [3.63, 3.8) is 0 Å². The zero-order valence-corrected chi connectivity index (χ0v) is 13.8. The van der Waals surface area contributed by atoms with Gasteiger partial charge in [0.1, 0.15) is 12.1 Å². The average molecular weight is 338 g/mol.